The molecule has 0 saturated heterocycles. The van der Waals surface area contributed by atoms with Crippen molar-refractivity contribution >= 4 is 11.9 Å². The van der Waals surface area contributed by atoms with Gasteiger partial charge in [0.15, 0.2) is 0 Å². The Morgan fingerprint density at radius 3 is 2.03 bits per heavy atom. The second-order valence-electron chi connectivity index (χ2n) is 7.52. The average molecular weight is 447 g/mol. The number of hydrogen-bond donors (Lipinski definition) is 2. The summed E-state index contributed by atoms with van der Waals surface area (Å²) in [4.78, 5) is 18.8. The zero-order valence-electron chi connectivity index (χ0n) is 18.7. The Labute approximate surface area is 194 Å². The summed E-state index contributed by atoms with van der Waals surface area (Å²) < 4.78 is 2.42. The maximum Gasteiger partial charge on any atom is 0.120 e. The molecule has 0 radical (unpaired) electrons. The molecule has 2 aromatic carbocycles. The van der Waals surface area contributed by atoms with Crippen LogP contribution in [0.25, 0.3) is 0 Å². The topological polar surface area (TPSA) is 63.8 Å². The fourth-order valence-electron chi connectivity index (χ4n) is 3.83. The van der Waals surface area contributed by atoms with Gasteiger partial charge in [-0.3, -0.25) is 4.90 Å². The van der Waals surface area contributed by atoms with Crippen molar-refractivity contribution in [3.63, 3.8) is 0 Å². The highest BCUT2D eigenvalue weighted by Gasteiger charge is 2.19. The first-order chi connectivity index (χ1) is 15.8. The molecule has 2 N–H and O–H groups in total. The van der Waals surface area contributed by atoms with Gasteiger partial charge in [-0.25, -0.2) is 14.3 Å². The molecule has 0 fully saturated rings. The van der Waals surface area contributed by atoms with Gasteiger partial charge in [-0.05, 0) is 40.8 Å². The highest BCUT2D eigenvalue weighted by atomic mass is 32.2. The molecule has 4 aromatic rings. The smallest absolute Gasteiger partial charge is 0.120 e. The van der Waals surface area contributed by atoms with Crippen molar-refractivity contribution in [2.45, 2.75) is 51.5 Å². The van der Waals surface area contributed by atoms with Gasteiger partial charge in [0.05, 0.1) is 13.1 Å². The molecule has 5 rings (SSSR count). The summed E-state index contributed by atoms with van der Waals surface area (Å²) in [5, 5.41) is 0. The zero-order chi connectivity index (χ0) is 22.2. The summed E-state index contributed by atoms with van der Waals surface area (Å²) in [6.45, 7) is 8.30. The van der Waals surface area contributed by atoms with E-state index in [-0.39, 0.29) is 0 Å². The van der Waals surface area contributed by atoms with Crippen LogP contribution in [0, 0.1) is 0 Å². The van der Waals surface area contributed by atoms with Gasteiger partial charge in [0.25, 0.3) is 0 Å². The number of nitrogens with zero attached hydrogens (tertiary/aromatic N) is 4. The van der Waals surface area contributed by atoms with Gasteiger partial charge >= 0.3 is 0 Å². The van der Waals surface area contributed by atoms with Crippen LogP contribution < -0.4 is 0 Å². The first kappa shape index (κ1) is 22.3. The Bertz CT molecular complexity index is 1020. The normalized spacial score (nSPS) is 13.1. The van der Waals surface area contributed by atoms with E-state index >= 15 is 0 Å². The lowest BCUT2D eigenvalue weighted by molar-refractivity contribution is 0.236. The fraction of sp³-hybridized carbons (Fsp3) is 0.280. The second kappa shape index (κ2) is 11.1. The molecule has 3 heterocycles. The standard InChI is InChI=1S/C23H24N6S.C2H6/c1-2-6-20-15-29(14-19(20)5-1)30-21-7-3-4-18(12-21)13-28(16-22-24-8-9-25-22)17-23-26-10-11-27-23;1-2/h1-12H,13-17H2,(H,24,25)(H,26,27);1-2H3. The predicted octanol–water partition coefficient (Wildman–Crippen LogP) is 5.38. The molecule has 0 spiro atoms. The summed E-state index contributed by atoms with van der Waals surface area (Å²) >= 11 is 1.84. The average Bonchev–Trinajstić information content (AvgIpc) is 3.57. The first-order valence-electron chi connectivity index (χ1n) is 11.1. The van der Waals surface area contributed by atoms with Gasteiger partial charge in [0, 0.05) is 49.3 Å². The van der Waals surface area contributed by atoms with E-state index < -0.39 is 0 Å². The predicted molar refractivity (Wildman–Crippen MR) is 129 cm³/mol. The highest BCUT2D eigenvalue weighted by molar-refractivity contribution is 7.97. The molecule has 1 aliphatic heterocycles. The lowest BCUT2D eigenvalue weighted by Gasteiger charge is -2.21. The highest BCUT2D eigenvalue weighted by Crippen LogP contribution is 2.33. The summed E-state index contributed by atoms with van der Waals surface area (Å²) in [5.74, 6) is 1.92. The second-order valence-corrected chi connectivity index (χ2v) is 8.69. The van der Waals surface area contributed by atoms with Gasteiger partial charge in [-0.2, -0.15) is 0 Å². The molecule has 1 aliphatic rings. The van der Waals surface area contributed by atoms with Crippen molar-refractivity contribution in [1.29, 1.82) is 0 Å². The third-order valence-electron chi connectivity index (χ3n) is 5.21. The largest absolute Gasteiger partial charge is 0.348 e. The van der Waals surface area contributed by atoms with E-state index in [9.17, 15) is 0 Å². The fourth-order valence-corrected chi connectivity index (χ4v) is 4.88. The number of fused-ring (bicyclic) bond motifs is 1. The monoisotopic (exact) mass is 446 g/mol. The van der Waals surface area contributed by atoms with Crippen molar-refractivity contribution in [2.75, 3.05) is 0 Å². The molecule has 0 unspecified atom stereocenters. The Morgan fingerprint density at radius 2 is 1.47 bits per heavy atom. The van der Waals surface area contributed by atoms with Gasteiger partial charge in [-0.15, -0.1) is 0 Å². The van der Waals surface area contributed by atoms with Crippen LogP contribution in [0.2, 0.25) is 0 Å². The number of imidazole rings is 2. The Balaban J connectivity index is 0.00000119. The minimum atomic E-state index is 0.743. The first-order valence-corrected chi connectivity index (χ1v) is 11.9. The molecule has 6 nitrogen and oxygen atoms in total. The van der Waals surface area contributed by atoms with Crippen molar-refractivity contribution in [2.24, 2.45) is 0 Å². The Morgan fingerprint density at radius 1 is 0.844 bits per heavy atom. The van der Waals surface area contributed by atoms with E-state index in [2.05, 4.69) is 77.7 Å². The van der Waals surface area contributed by atoms with Crippen molar-refractivity contribution in [3.05, 3.63) is 102 Å². The van der Waals surface area contributed by atoms with Crippen LogP contribution in [-0.4, -0.2) is 29.1 Å². The van der Waals surface area contributed by atoms with Crippen LogP contribution in [0.1, 0.15) is 42.2 Å². The molecular formula is C25H30N6S. The molecule has 0 aliphatic carbocycles. The van der Waals surface area contributed by atoms with Gasteiger partial charge in [0.1, 0.15) is 11.6 Å². The molecular weight excluding hydrogens is 416 g/mol. The minimum Gasteiger partial charge on any atom is -0.348 e. The molecule has 0 atom stereocenters. The van der Waals surface area contributed by atoms with Crippen LogP contribution >= 0.6 is 11.9 Å². The molecule has 0 bridgehead atoms. The number of hydrogen-bond acceptors (Lipinski definition) is 5. The van der Waals surface area contributed by atoms with Crippen LogP contribution in [-0.2, 0) is 32.7 Å². The molecule has 32 heavy (non-hydrogen) atoms. The third kappa shape index (κ3) is 5.88. The molecule has 2 aromatic heterocycles. The maximum absolute atomic E-state index is 4.39. The zero-order valence-corrected chi connectivity index (χ0v) is 19.5. The van der Waals surface area contributed by atoms with Crippen molar-refractivity contribution in [1.82, 2.24) is 29.1 Å². The summed E-state index contributed by atoms with van der Waals surface area (Å²) in [6.07, 6.45) is 7.33. The Hall–Kier alpha value is -2.87. The van der Waals surface area contributed by atoms with Gasteiger partial charge < -0.3 is 9.97 Å². The van der Waals surface area contributed by atoms with E-state index in [1.165, 1.54) is 21.6 Å². The quantitative estimate of drug-likeness (QED) is 0.356. The van der Waals surface area contributed by atoms with Crippen LogP contribution in [0.3, 0.4) is 0 Å². The maximum atomic E-state index is 4.39. The third-order valence-corrected chi connectivity index (χ3v) is 6.19. The van der Waals surface area contributed by atoms with E-state index in [1.807, 2.05) is 38.2 Å². The summed E-state index contributed by atoms with van der Waals surface area (Å²) in [7, 11) is 0. The Kier molecular flexibility index (Phi) is 7.77. The molecule has 0 saturated carbocycles. The lowest BCUT2D eigenvalue weighted by atomic mass is 10.1. The number of benzene rings is 2. The van der Waals surface area contributed by atoms with Crippen molar-refractivity contribution in [3.8, 4) is 0 Å². The van der Waals surface area contributed by atoms with E-state index in [1.54, 1.807) is 12.4 Å². The molecule has 0 amide bonds. The van der Waals surface area contributed by atoms with Gasteiger partial charge in [0.2, 0.25) is 0 Å². The van der Waals surface area contributed by atoms with Crippen LogP contribution in [0.4, 0.5) is 0 Å². The number of nitrogens with one attached hydrogen (secondary N) is 2. The van der Waals surface area contributed by atoms with Crippen molar-refractivity contribution < 1.29 is 0 Å². The number of aromatic nitrogens is 4. The van der Waals surface area contributed by atoms with E-state index in [0.29, 0.717) is 0 Å². The van der Waals surface area contributed by atoms with Crippen LogP contribution in [0.15, 0.2) is 78.2 Å². The number of aromatic amines is 2. The molecule has 7 heteroatoms. The number of rotatable bonds is 8. The minimum absolute atomic E-state index is 0.743. The van der Waals surface area contributed by atoms with Crippen LogP contribution in [0.5, 0.6) is 0 Å². The van der Waals surface area contributed by atoms with E-state index in [4.69, 9.17) is 0 Å². The summed E-state index contributed by atoms with van der Waals surface area (Å²) in [6, 6.07) is 17.5. The number of H-pyrrole nitrogens is 2. The molecule has 166 valence electrons. The van der Waals surface area contributed by atoms with Gasteiger partial charge in [-0.1, -0.05) is 50.2 Å². The summed E-state index contributed by atoms with van der Waals surface area (Å²) in [5.41, 5.74) is 4.16. The van der Waals surface area contributed by atoms with E-state index in [0.717, 1.165) is 44.4 Å². The SMILES string of the molecule is CC.c1cc(CN(Cc2ncc[nH]2)Cc2ncc[nH]2)cc(SN2Cc3ccccc3C2)c1. The lowest BCUT2D eigenvalue weighted by Crippen LogP contribution is -2.23.